The number of anilines is 1. The highest BCUT2D eigenvalue weighted by Gasteiger charge is 2.42. The number of nitrogens with one attached hydrogen (secondary N) is 1. The van der Waals surface area contributed by atoms with Crippen LogP contribution in [0, 0.1) is 0 Å². The molecule has 5 aromatic rings. The molecule has 4 heteroatoms. The summed E-state index contributed by atoms with van der Waals surface area (Å²) >= 11 is 0. The number of amides is 1. The molecule has 0 saturated carbocycles. The van der Waals surface area contributed by atoms with Gasteiger partial charge in [0.2, 0.25) is 5.91 Å². The molecule has 1 N–H and O–H groups in total. The summed E-state index contributed by atoms with van der Waals surface area (Å²) in [5.74, 6) is -0.254. The van der Waals surface area contributed by atoms with Crippen molar-refractivity contribution in [3.63, 3.8) is 0 Å². The average Bonchev–Trinajstić information content (AvgIpc) is 3.00. The fraction of sp³-hybridized carbons (Fsp3) is 0.139. The zero-order chi connectivity index (χ0) is 27.4. The predicted octanol–water partition coefficient (Wildman–Crippen LogP) is 7.26. The SMILES string of the molecule is O=C(Nc1cc2ccc1CCc1ccc(cc1)CC2)C(c1ccccc1)P(=O)(c1ccccc1)c1ccccc1. The molecule has 0 spiro atoms. The minimum atomic E-state index is -3.45. The van der Waals surface area contributed by atoms with Gasteiger partial charge in [0.05, 0.1) is 0 Å². The predicted molar refractivity (Wildman–Crippen MR) is 165 cm³/mol. The third-order valence-corrected chi connectivity index (χ3v) is 11.2. The van der Waals surface area contributed by atoms with Crippen molar-refractivity contribution >= 4 is 29.3 Å². The van der Waals surface area contributed by atoms with Crippen LogP contribution in [-0.4, -0.2) is 5.91 Å². The van der Waals surface area contributed by atoms with E-state index < -0.39 is 12.8 Å². The van der Waals surface area contributed by atoms with Crippen molar-refractivity contribution < 1.29 is 9.36 Å². The Balaban J connectivity index is 1.44. The number of hydrogen-bond acceptors (Lipinski definition) is 2. The summed E-state index contributed by atoms with van der Waals surface area (Å²) < 4.78 is 15.4. The molecular formula is C36H32NO2P. The Morgan fingerprint density at radius 1 is 0.575 bits per heavy atom. The van der Waals surface area contributed by atoms with E-state index >= 15 is 4.57 Å². The van der Waals surface area contributed by atoms with Crippen molar-refractivity contribution in [1.29, 1.82) is 0 Å². The number of benzene rings is 5. The van der Waals surface area contributed by atoms with Crippen LogP contribution < -0.4 is 15.9 Å². The van der Waals surface area contributed by atoms with Gasteiger partial charge in [0.1, 0.15) is 5.66 Å². The van der Waals surface area contributed by atoms with Gasteiger partial charge in [0.25, 0.3) is 0 Å². The van der Waals surface area contributed by atoms with Gasteiger partial charge in [0.15, 0.2) is 7.14 Å². The molecule has 40 heavy (non-hydrogen) atoms. The van der Waals surface area contributed by atoms with E-state index in [2.05, 4.69) is 47.8 Å². The van der Waals surface area contributed by atoms with Crippen LogP contribution in [0.25, 0.3) is 0 Å². The van der Waals surface area contributed by atoms with Gasteiger partial charge < -0.3 is 9.88 Å². The first kappa shape index (κ1) is 26.0. The maximum atomic E-state index is 15.4. The van der Waals surface area contributed by atoms with Crippen molar-refractivity contribution in [1.82, 2.24) is 0 Å². The Morgan fingerprint density at radius 2 is 1.05 bits per heavy atom. The molecule has 0 aliphatic heterocycles. The van der Waals surface area contributed by atoms with E-state index in [1.807, 2.05) is 91.0 Å². The van der Waals surface area contributed by atoms with Gasteiger partial charge in [-0.25, -0.2) is 0 Å². The van der Waals surface area contributed by atoms with Gasteiger partial charge in [-0.2, -0.15) is 0 Å². The number of carbonyl (C=O) groups excluding carboxylic acids is 1. The number of hydrogen-bond donors (Lipinski definition) is 1. The van der Waals surface area contributed by atoms with Gasteiger partial charge in [-0.1, -0.05) is 127 Å². The quantitative estimate of drug-likeness (QED) is 0.230. The summed E-state index contributed by atoms with van der Waals surface area (Å²) in [6.07, 6.45) is 3.52. The van der Waals surface area contributed by atoms with E-state index in [4.69, 9.17) is 0 Å². The summed E-state index contributed by atoms with van der Waals surface area (Å²) in [5.41, 5.74) is 5.52. The summed E-state index contributed by atoms with van der Waals surface area (Å²) in [6.45, 7) is 0. The fourth-order valence-corrected chi connectivity index (χ4v) is 8.77. The van der Waals surface area contributed by atoms with Gasteiger partial charge >= 0.3 is 0 Å². The Hall–Kier alpha value is -4.20. The molecule has 0 radical (unpaired) electrons. The van der Waals surface area contributed by atoms with Crippen molar-refractivity contribution in [2.45, 2.75) is 31.3 Å². The van der Waals surface area contributed by atoms with Crippen molar-refractivity contribution in [3.8, 4) is 0 Å². The molecule has 0 heterocycles. The van der Waals surface area contributed by atoms with Crippen molar-refractivity contribution in [2.24, 2.45) is 0 Å². The molecular weight excluding hydrogens is 509 g/mol. The van der Waals surface area contributed by atoms with Crippen LogP contribution in [0.15, 0.2) is 133 Å². The normalized spacial score (nSPS) is 13.7. The standard InChI is InChI=1S/C36H32NO2P/c38-36(37-34-26-29-21-20-27-16-18-28(19-17-27)22-24-30(34)25-23-29)35(31-10-4-1-5-11-31)40(39,32-12-6-2-7-13-32)33-14-8-3-9-15-33/h1-19,23,25-26,35H,20-22,24H2,(H,37,38). The smallest absolute Gasteiger partial charge is 0.240 e. The van der Waals surface area contributed by atoms with Crippen LogP contribution in [0.5, 0.6) is 0 Å². The van der Waals surface area contributed by atoms with E-state index in [1.54, 1.807) is 0 Å². The Bertz CT molecular complexity index is 1610. The van der Waals surface area contributed by atoms with E-state index in [1.165, 1.54) is 16.7 Å². The lowest BCUT2D eigenvalue weighted by molar-refractivity contribution is -0.116. The third-order valence-electron chi connectivity index (χ3n) is 7.85. The molecule has 0 saturated heterocycles. The topological polar surface area (TPSA) is 46.2 Å². The second-order valence-corrected chi connectivity index (χ2v) is 13.3. The first-order valence-corrected chi connectivity index (χ1v) is 15.7. The Labute approximate surface area is 236 Å². The first-order chi connectivity index (χ1) is 19.6. The second-order valence-electron chi connectivity index (χ2n) is 10.4. The summed E-state index contributed by atoms with van der Waals surface area (Å²) in [5, 5.41) is 4.62. The minimum Gasteiger partial charge on any atom is -0.325 e. The third kappa shape index (κ3) is 5.30. The van der Waals surface area contributed by atoms with Gasteiger partial charge in [-0.3, -0.25) is 4.79 Å². The lowest BCUT2D eigenvalue weighted by Crippen LogP contribution is -2.30. The Kier molecular flexibility index (Phi) is 7.49. The number of aryl methyl sites for hydroxylation is 4. The zero-order valence-corrected chi connectivity index (χ0v) is 23.3. The molecule has 5 aromatic carbocycles. The first-order valence-electron chi connectivity index (χ1n) is 13.9. The second kappa shape index (κ2) is 11.5. The van der Waals surface area contributed by atoms with Gasteiger partial charge in [-0.05, 0) is 59.6 Å². The fourth-order valence-electron chi connectivity index (χ4n) is 5.66. The molecule has 1 unspecified atom stereocenters. The van der Waals surface area contributed by atoms with Crippen LogP contribution in [0.4, 0.5) is 5.69 Å². The van der Waals surface area contributed by atoms with E-state index in [0.717, 1.165) is 42.5 Å². The summed E-state index contributed by atoms with van der Waals surface area (Å²) in [4.78, 5) is 14.5. The molecule has 0 fully saturated rings. The maximum absolute atomic E-state index is 15.4. The summed E-state index contributed by atoms with van der Waals surface area (Å²) in [6, 6.07) is 43.8. The van der Waals surface area contributed by atoms with Crippen molar-refractivity contribution in [2.75, 3.05) is 5.32 Å². The molecule has 0 aromatic heterocycles. The van der Waals surface area contributed by atoms with Crippen molar-refractivity contribution in [3.05, 3.63) is 161 Å². The molecule has 198 valence electrons. The highest BCUT2D eigenvalue weighted by molar-refractivity contribution is 7.79. The van der Waals surface area contributed by atoms with Crippen LogP contribution in [0.1, 0.15) is 33.5 Å². The van der Waals surface area contributed by atoms with Crippen LogP contribution >= 0.6 is 7.14 Å². The molecule has 3 nitrogen and oxygen atoms in total. The van der Waals surface area contributed by atoms with Crippen LogP contribution in [0.3, 0.4) is 0 Å². The molecule has 1 amide bonds. The molecule has 4 aliphatic carbocycles. The highest BCUT2D eigenvalue weighted by Crippen LogP contribution is 2.57. The number of rotatable bonds is 6. The van der Waals surface area contributed by atoms with E-state index in [9.17, 15) is 4.79 Å². The highest BCUT2D eigenvalue weighted by atomic mass is 31.2. The van der Waals surface area contributed by atoms with Gasteiger partial charge in [-0.15, -0.1) is 0 Å². The molecule has 4 bridgehead atoms. The van der Waals surface area contributed by atoms with E-state index in [-0.39, 0.29) is 5.91 Å². The Morgan fingerprint density at radius 3 is 1.62 bits per heavy atom. The largest absolute Gasteiger partial charge is 0.325 e. The van der Waals surface area contributed by atoms with E-state index in [0.29, 0.717) is 10.6 Å². The van der Waals surface area contributed by atoms with Crippen LogP contribution in [0.2, 0.25) is 0 Å². The molecule has 4 aliphatic rings. The lowest BCUT2D eigenvalue weighted by Gasteiger charge is -2.29. The monoisotopic (exact) mass is 541 g/mol. The lowest BCUT2D eigenvalue weighted by atomic mass is 9.95. The van der Waals surface area contributed by atoms with Crippen LogP contribution in [-0.2, 0) is 35.0 Å². The average molecular weight is 542 g/mol. The number of carbonyl (C=O) groups is 1. The molecule has 9 rings (SSSR count). The zero-order valence-electron chi connectivity index (χ0n) is 22.4. The maximum Gasteiger partial charge on any atom is 0.240 e. The summed E-state index contributed by atoms with van der Waals surface area (Å²) in [7, 11) is -3.45. The van der Waals surface area contributed by atoms with Gasteiger partial charge in [0, 0.05) is 16.3 Å². The molecule has 1 atom stereocenters. The minimum absolute atomic E-state index is 0.254.